The molecule has 0 atom stereocenters. The second-order valence-corrected chi connectivity index (χ2v) is 8.46. The third-order valence-corrected chi connectivity index (χ3v) is 5.54. The maximum absolute atomic E-state index is 12.6. The van der Waals surface area contributed by atoms with Gasteiger partial charge in [0.2, 0.25) is 5.91 Å². The number of hydrogen-bond acceptors (Lipinski definition) is 7. The number of carbonyl (C=O) groups is 2. The largest absolute Gasteiger partial charge is 0.413 e. The van der Waals surface area contributed by atoms with Crippen molar-refractivity contribution in [3.63, 3.8) is 0 Å². The molecule has 0 unspecified atom stereocenters. The van der Waals surface area contributed by atoms with Crippen LogP contribution in [0.25, 0.3) is 0 Å². The van der Waals surface area contributed by atoms with Crippen LogP contribution in [0.1, 0.15) is 18.5 Å². The predicted molar refractivity (Wildman–Crippen MR) is 122 cm³/mol. The van der Waals surface area contributed by atoms with Crippen molar-refractivity contribution in [1.29, 1.82) is 0 Å². The summed E-state index contributed by atoms with van der Waals surface area (Å²) < 4.78 is 5.98. The van der Waals surface area contributed by atoms with Gasteiger partial charge in [-0.1, -0.05) is 27.5 Å². The molecule has 9 nitrogen and oxygen atoms in total. The lowest BCUT2D eigenvalue weighted by atomic mass is 10.2. The number of ether oxygens (including phenoxy) is 1. The summed E-state index contributed by atoms with van der Waals surface area (Å²) in [6, 6.07) is 9.19. The highest BCUT2D eigenvalue weighted by Gasteiger charge is 2.51. The van der Waals surface area contributed by atoms with Gasteiger partial charge in [0, 0.05) is 4.47 Å². The molecule has 1 fully saturated rings. The third-order valence-electron chi connectivity index (χ3n) is 4.74. The lowest BCUT2D eigenvalue weighted by Gasteiger charge is -2.17. The lowest BCUT2D eigenvalue weighted by Crippen LogP contribution is -2.49. The van der Waals surface area contributed by atoms with E-state index >= 15 is 0 Å². The molecule has 1 aliphatic carbocycles. The van der Waals surface area contributed by atoms with E-state index in [4.69, 9.17) is 16.3 Å². The molecule has 0 radical (unpaired) electrons. The van der Waals surface area contributed by atoms with Crippen LogP contribution in [0.3, 0.4) is 0 Å². The van der Waals surface area contributed by atoms with Crippen LogP contribution < -0.4 is 20.7 Å². The minimum atomic E-state index is -0.966. The van der Waals surface area contributed by atoms with Crippen molar-refractivity contribution in [2.75, 3.05) is 5.32 Å². The van der Waals surface area contributed by atoms with Gasteiger partial charge in [-0.25, -0.2) is 14.8 Å². The number of halogens is 2. The van der Waals surface area contributed by atoms with Crippen LogP contribution in [0.2, 0.25) is 5.02 Å². The van der Waals surface area contributed by atoms with Crippen molar-refractivity contribution in [2.24, 2.45) is 0 Å². The fourth-order valence-electron chi connectivity index (χ4n) is 2.89. The van der Waals surface area contributed by atoms with E-state index in [0.717, 1.165) is 15.8 Å². The van der Waals surface area contributed by atoms with Crippen molar-refractivity contribution in [2.45, 2.75) is 24.9 Å². The number of nitrogens with zero attached hydrogens (tertiary/aromatic N) is 3. The molecular formula is C21H18BrClN6O3. The van der Waals surface area contributed by atoms with Crippen molar-refractivity contribution in [3.8, 4) is 5.75 Å². The van der Waals surface area contributed by atoms with Crippen molar-refractivity contribution < 1.29 is 14.3 Å². The number of anilines is 2. The van der Waals surface area contributed by atoms with Crippen LogP contribution in [0.4, 0.5) is 16.2 Å². The van der Waals surface area contributed by atoms with E-state index in [9.17, 15) is 9.59 Å². The predicted octanol–water partition coefficient (Wildman–Crippen LogP) is 3.97. The number of benzene rings is 1. The second kappa shape index (κ2) is 9.49. The summed E-state index contributed by atoms with van der Waals surface area (Å²) in [6.07, 6.45) is 6.04. The number of aromatic nitrogens is 3. The average Bonchev–Trinajstić information content (AvgIpc) is 3.56. The monoisotopic (exact) mass is 516 g/mol. The van der Waals surface area contributed by atoms with E-state index in [0.29, 0.717) is 23.6 Å². The zero-order chi connectivity index (χ0) is 22.6. The lowest BCUT2D eigenvalue weighted by molar-refractivity contribution is -0.124. The van der Waals surface area contributed by atoms with Crippen molar-refractivity contribution in [3.05, 3.63) is 70.4 Å². The Hall–Kier alpha value is -3.24. The minimum Gasteiger partial charge on any atom is -0.407 e. The zero-order valence-electron chi connectivity index (χ0n) is 16.6. The van der Waals surface area contributed by atoms with Gasteiger partial charge in [-0.2, -0.15) is 0 Å². The SMILES string of the molecule is O=C(NC1(C(=O)NCc2ccc(Nc3ccc(Br)cc3Cl)cn2)CC1)Oc1cncnc1. The average molecular weight is 518 g/mol. The maximum Gasteiger partial charge on any atom is 0.413 e. The van der Waals surface area contributed by atoms with Gasteiger partial charge in [-0.3, -0.25) is 9.78 Å². The molecule has 2 heterocycles. The van der Waals surface area contributed by atoms with Gasteiger partial charge in [0.1, 0.15) is 11.9 Å². The van der Waals surface area contributed by atoms with Crippen LogP contribution in [0, 0.1) is 0 Å². The molecule has 4 rings (SSSR count). The first-order valence-electron chi connectivity index (χ1n) is 9.64. The highest BCUT2D eigenvalue weighted by Crippen LogP contribution is 2.36. The molecule has 2 aromatic heterocycles. The molecule has 2 amide bonds. The summed E-state index contributed by atoms with van der Waals surface area (Å²) in [4.78, 5) is 36.6. The molecular weight excluding hydrogens is 500 g/mol. The first-order valence-corrected chi connectivity index (χ1v) is 10.8. The maximum atomic E-state index is 12.6. The first kappa shape index (κ1) is 22.0. The smallest absolute Gasteiger partial charge is 0.407 e. The molecule has 3 aromatic rings. The highest BCUT2D eigenvalue weighted by molar-refractivity contribution is 9.10. The molecule has 0 aliphatic heterocycles. The standard InChI is InChI=1S/C21H18BrClN6O3/c22-13-1-4-18(17(23)7-13)28-15-3-2-14(26-9-15)8-27-19(30)21(5-6-21)29-20(31)32-16-10-24-12-25-11-16/h1-4,7,9-12,28H,5-6,8H2,(H,27,30)(H,29,31). The Balaban J connectivity index is 1.28. The van der Waals surface area contributed by atoms with Crippen LogP contribution in [0.15, 0.2) is 59.7 Å². The molecule has 164 valence electrons. The molecule has 3 N–H and O–H groups in total. The summed E-state index contributed by atoms with van der Waals surface area (Å²) >= 11 is 9.59. The van der Waals surface area contributed by atoms with Gasteiger partial charge < -0.3 is 20.7 Å². The summed E-state index contributed by atoms with van der Waals surface area (Å²) in [5.41, 5.74) is 1.23. The molecule has 1 aliphatic rings. The van der Waals surface area contributed by atoms with E-state index in [1.54, 1.807) is 18.3 Å². The topological polar surface area (TPSA) is 118 Å². The van der Waals surface area contributed by atoms with E-state index in [2.05, 4.69) is 46.8 Å². The molecule has 0 spiro atoms. The van der Waals surface area contributed by atoms with Crippen molar-refractivity contribution >= 4 is 50.9 Å². The second-order valence-electron chi connectivity index (χ2n) is 7.14. The Morgan fingerprint density at radius 2 is 1.91 bits per heavy atom. The molecule has 1 aromatic carbocycles. The van der Waals surface area contributed by atoms with Crippen molar-refractivity contribution in [1.82, 2.24) is 25.6 Å². The fourth-order valence-corrected chi connectivity index (χ4v) is 3.61. The Morgan fingerprint density at radius 3 is 2.56 bits per heavy atom. The number of nitrogens with one attached hydrogen (secondary N) is 3. The van der Waals surface area contributed by atoms with E-state index < -0.39 is 11.6 Å². The highest BCUT2D eigenvalue weighted by atomic mass is 79.9. The van der Waals surface area contributed by atoms with Gasteiger partial charge in [0.15, 0.2) is 5.75 Å². The molecule has 0 bridgehead atoms. The Bertz CT molecular complexity index is 1130. The van der Waals surface area contributed by atoms with E-state index in [1.807, 2.05) is 18.2 Å². The van der Waals surface area contributed by atoms with Crippen LogP contribution in [-0.4, -0.2) is 32.5 Å². The summed E-state index contributed by atoms with van der Waals surface area (Å²) in [5, 5.41) is 9.21. The Labute approximate surface area is 197 Å². The number of rotatable bonds is 7. The number of carbonyl (C=O) groups excluding carboxylic acids is 2. The summed E-state index contributed by atoms with van der Waals surface area (Å²) in [7, 11) is 0. The minimum absolute atomic E-state index is 0.198. The van der Waals surface area contributed by atoms with Gasteiger partial charge in [-0.05, 0) is 43.2 Å². The number of hydrogen-bond donors (Lipinski definition) is 3. The van der Waals surface area contributed by atoms with Crippen LogP contribution >= 0.6 is 27.5 Å². The first-order chi connectivity index (χ1) is 15.4. The summed E-state index contributed by atoms with van der Waals surface area (Å²) in [5.74, 6) is -0.0899. The molecule has 0 saturated heterocycles. The summed E-state index contributed by atoms with van der Waals surface area (Å²) in [6.45, 7) is 0.225. The van der Waals surface area contributed by atoms with E-state index in [1.165, 1.54) is 18.7 Å². The van der Waals surface area contributed by atoms with Gasteiger partial charge >= 0.3 is 6.09 Å². The fraction of sp³-hybridized carbons (Fsp3) is 0.190. The molecule has 1 saturated carbocycles. The molecule has 11 heteroatoms. The number of pyridine rings is 1. The Kier molecular flexibility index (Phi) is 6.52. The van der Waals surface area contributed by atoms with Crippen LogP contribution in [0.5, 0.6) is 5.75 Å². The Morgan fingerprint density at radius 1 is 1.12 bits per heavy atom. The van der Waals surface area contributed by atoms with Gasteiger partial charge in [0.25, 0.3) is 0 Å². The number of amides is 2. The quantitative estimate of drug-likeness (QED) is 0.434. The van der Waals surface area contributed by atoms with E-state index in [-0.39, 0.29) is 18.2 Å². The van der Waals surface area contributed by atoms with Gasteiger partial charge in [-0.15, -0.1) is 0 Å². The van der Waals surface area contributed by atoms with Gasteiger partial charge in [0.05, 0.1) is 47.2 Å². The normalized spacial score (nSPS) is 13.7. The third kappa shape index (κ3) is 5.51. The van der Waals surface area contributed by atoms with Crippen LogP contribution in [-0.2, 0) is 11.3 Å². The molecule has 32 heavy (non-hydrogen) atoms. The zero-order valence-corrected chi connectivity index (χ0v) is 19.0.